The van der Waals surface area contributed by atoms with Gasteiger partial charge in [-0.15, -0.1) is 0 Å². The number of nitrogen functional groups attached to an aromatic ring is 1. The number of phosphoric ester groups is 1. The number of hydrogen-bond donors (Lipinski definition) is 1. The molecule has 2 aromatic heterocycles. The molecule has 13 heteroatoms. The van der Waals surface area contributed by atoms with Gasteiger partial charge < -0.3 is 10.5 Å². The van der Waals surface area contributed by atoms with Crippen LogP contribution in [0, 0.1) is 0 Å². The lowest BCUT2D eigenvalue weighted by Crippen LogP contribution is -2.42. The Bertz CT molecular complexity index is 893. The molecule has 0 saturated carbocycles. The summed E-state index contributed by atoms with van der Waals surface area (Å²) in [6, 6.07) is 0. The molecule has 0 amide bonds. The number of imidazole rings is 1. The molecular formula is C13H16Cl2N5O5P. The number of anilines is 1. The number of hydrogen-bond acceptors (Lipinski definition) is 9. The number of nitrogens with two attached hydrogens (primary N) is 1. The Morgan fingerprint density at radius 1 is 1.42 bits per heavy atom. The fraction of sp³-hybridized carbons (Fsp3) is 0.615. The van der Waals surface area contributed by atoms with Gasteiger partial charge in [-0.3, -0.25) is 18.1 Å². The fourth-order valence-corrected chi connectivity index (χ4v) is 5.33. The average molecular weight is 424 g/mol. The molecule has 0 aliphatic carbocycles. The second-order valence-electron chi connectivity index (χ2n) is 6.21. The molecule has 0 aromatic carbocycles. The molecule has 0 bridgehead atoms. The van der Waals surface area contributed by atoms with Crippen LogP contribution in [-0.4, -0.2) is 48.8 Å². The normalized spacial score (nSPS) is 33.7. The molecule has 2 saturated heterocycles. The van der Waals surface area contributed by atoms with Gasteiger partial charge in [-0.2, -0.15) is 0 Å². The molecule has 2 aromatic rings. The first-order chi connectivity index (χ1) is 12.2. The van der Waals surface area contributed by atoms with Crippen LogP contribution in [0.25, 0.3) is 11.2 Å². The summed E-state index contributed by atoms with van der Waals surface area (Å²) >= 11 is 13.1. The number of nitrogens with zero attached hydrogens (tertiary/aromatic N) is 4. The lowest BCUT2D eigenvalue weighted by atomic mass is 10.2. The third-order valence-corrected chi connectivity index (χ3v) is 6.40. The minimum absolute atomic E-state index is 0.0455. The third-order valence-electron chi connectivity index (χ3n) is 3.97. The molecule has 0 radical (unpaired) electrons. The number of aromatic nitrogens is 4. The Hall–Kier alpha value is -1.00. The van der Waals surface area contributed by atoms with Crippen LogP contribution in [0.4, 0.5) is 5.82 Å². The van der Waals surface area contributed by atoms with Gasteiger partial charge in [-0.25, -0.2) is 19.5 Å². The zero-order chi connectivity index (χ0) is 18.7. The molecular weight excluding hydrogens is 408 g/mol. The van der Waals surface area contributed by atoms with Crippen LogP contribution < -0.4 is 5.73 Å². The predicted octanol–water partition coefficient (Wildman–Crippen LogP) is 2.43. The third kappa shape index (κ3) is 2.90. The Balaban J connectivity index is 1.68. The van der Waals surface area contributed by atoms with E-state index in [4.69, 9.17) is 47.2 Å². The molecule has 4 heterocycles. The summed E-state index contributed by atoms with van der Waals surface area (Å²) in [5.41, 5.74) is 6.59. The van der Waals surface area contributed by atoms with Gasteiger partial charge in [-0.1, -0.05) is 23.2 Å². The van der Waals surface area contributed by atoms with Crippen molar-refractivity contribution < 1.29 is 22.9 Å². The first-order valence-corrected chi connectivity index (χ1v) is 10.0. The number of rotatable bonds is 3. The molecule has 10 nitrogen and oxygen atoms in total. The standard InChI is InChI=1S/C13H16Cl2N5O5P/c1-6(2)24-26(21)22-3-7-9(25-26)13(14,15)12(23-7)20-5-19-8-10(16)17-4-18-11(8)20/h4-7,9,12H,3H2,1-2H3,(H2,16,17,18). The van der Waals surface area contributed by atoms with Gasteiger partial charge in [0.15, 0.2) is 22.0 Å². The lowest BCUT2D eigenvalue weighted by molar-refractivity contribution is -0.0733. The van der Waals surface area contributed by atoms with Gasteiger partial charge in [0.25, 0.3) is 0 Å². The van der Waals surface area contributed by atoms with E-state index >= 15 is 0 Å². The van der Waals surface area contributed by atoms with Crippen LogP contribution >= 0.6 is 31.0 Å². The zero-order valence-corrected chi connectivity index (χ0v) is 16.2. The van der Waals surface area contributed by atoms with Gasteiger partial charge in [0.05, 0.1) is 19.0 Å². The molecule has 26 heavy (non-hydrogen) atoms. The highest BCUT2D eigenvalue weighted by Gasteiger charge is 2.62. The zero-order valence-electron chi connectivity index (χ0n) is 13.8. The summed E-state index contributed by atoms with van der Waals surface area (Å²) in [6.45, 7) is 3.38. The second-order valence-corrected chi connectivity index (χ2v) is 9.23. The quantitative estimate of drug-likeness (QED) is 0.584. The highest BCUT2D eigenvalue weighted by atomic mass is 35.5. The number of ether oxygens (including phenoxy) is 1. The largest absolute Gasteiger partial charge is 0.475 e. The van der Waals surface area contributed by atoms with Gasteiger partial charge in [0.2, 0.25) is 0 Å². The monoisotopic (exact) mass is 423 g/mol. The average Bonchev–Trinajstić information content (AvgIpc) is 3.07. The number of halogens is 2. The highest BCUT2D eigenvalue weighted by molar-refractivity contribution is 7.48. The van der Waals surface area contributed by atoms with Crippen molar-refractivity contribution in [3.8, 4) is 0 Å². The fourth-order valence-electron chi connectivity index (χ4n) is 2.92. The van der Waals surface area contributed by atoms with E-state index in [0.29, 0.717) is 11.2 Å². The molecule has 4 atom stereocenters. The molecule has 4 unspecified atom stereocenters. The first kappa shape index (κ1) is 18.4. The summed E-state index contributed by atoms with van der Waals surface area (Å²) in [6.07, 6.45) is -0.133. The van der Waals surface area contributed by atoms with Gasteiger partial charge >= 0.3 is 7.82 Å². The number of phosphoric acid groups is 1. The van der Waals surface area contributed by atoms with Crippen molar-refractivity contribution in [2.24, 2.45) is 0 Å². The van der Waals surface area contributed by atoms with Crippen molar-refractivity contribution in [1.29, 1.82) is 0 Å². The summed E-state index contributed by atoms with van der Waals surface area (Å²) in [5, 5.41) is 0. The van der Waals surface area contributed by atoms with E-state index < -0.39 is 30.6 Å². The van der Waals surface area contributed by atoms with Crippen LogP contribution in [0.1, 0.15) is 20.1 Å². The van der Waals surface area contributed by atoms with Crippen molar-refractivity contribution in [2.45, 2.75) is 42.7 Å². The molecule has 2 aliphatic heterocycles. The molecule has 4 rings (SSSR count). The van der Waals surface area contributed by atoms with E-state index in [0.717, 1.165) is 0 Å². The lowest BCUT2D eigenvalue weighted by Gasteiger charge is -2.33. The maximum Gasteiger partial charge on any atom is 0.475 e. The summed E-state index contributed by atoms with van der Waals surface area (Å²) in [4.78, 5) is 12.2. The van der Waals surface area contributed by atoms with Crippen molar-refractivity contribution >= 4 is 48.0 Å². The molecule has 2 N–H and O–H groups in total. The van der Waals surface area contributed by atoms with Crippen molar-refractivity contribution in [3.05, 3.63) is 12.7 Å². The first-order valence-electron chi connectivity index (χ1n) is 7.79. The molecule has 0 spiro atoms. The Labute approximate surface area is 158 Å². The van der Waals surface area contributed by atoms with E-state index in [1.807, 2.05) is 0 Å². The maximum absolute atomic E-state index is 12.6. The van der Waals surface area contributed by atoms with Crippen LogP contribution in [0.3, 0.4) is 0 Å². The van der Waals surface area contributed by atoms with E-state index in [2.05, 4.69) is 15.0 Å². The van der Waals surface area contributed by atoms with Gasteiger partial charge in [0, 0.05) is 0 Å². The minimum Gasteiger partial charge on any atom is -0.382 e. The van der Waals surface area contributed by atoms with Crippen molar-refractivity contribution in [1.82, 2.24) is 19.5 Å². The summed E-state index contributed by atoms with van der Waals surface area (Å²) < 4.78 is 34.5. The predicted molar refractivity (Wildman–Crippen MR) is 92.7 cm³/mol. The minimum atomic E-state index is -3.80. The van der Waals surface area contributed by atoms with Gasteiger partial charge in [-0.05, 0) is 13.8 Å². The SMILES string of the molecule is CC(C)OP1(=O)OCC2OC(n3cnc4c(N)ncnc43)C(Cl)(Cl)C2O1. The van der Waals surface area contributed by atoms with Crippen LogP contribution in [0.2, 0.25) is 0 Å². The van der Waals surface area contributed by atoms with E-state index in [1.54, 1.807) is 13.8 Å². The van der Waals surface area contributed by atoms with Crippen LogP contribution in [0.5, 0.6) is 0 Å². The van der Waals surface area contributed by atoms with E-state index in [1.165, 1.54) is 17.2 Å². The Morgan fingerprint density at radius 2 is 2.19 bits per heavy atom. The summed E-state index contributed by atoms with van der Waals surface area (Å²) in [7, 11) is -3.80. The molecule has 2 fully saturated rings. The maximum atomic E-state index is 12.6. The van der Waals surface area contributed by atoms with Crippen LogP contribution in [0.15, 0.2) is 12.7 Å². The summed E-state index contributed by atoms with van der Waals surface area (Å²) in [5.74, 6) is 0.216. The number of fused-ring (bicyclic) bond motifs is 2. The van der Waals surface area contributed by atoms with Gasteiger partial charge in [0.1, 0.15) is 24.1 Å². The second kappa shape index (κ2) is 6.27. The van der Waals surface area contributed by atoms with Crippen LogP contribution in [-0.2, 0) is 22.9 Å². The van der Waals surface area contributed by atoms with E-state index in [9.17, 15) is 4.57 Å². The highest BCUT2D eigenvalue weighted by Crippen LogP contribution is 2.61. The number of alkyl halides is 2. The van der Waals surface area contributed by atoms with E-state index in [-0.39, 0.29) is 18.5 Å². The Kier molecular flexibility index (Phi) is 4.43. The topological polar surface area (TPSA) is 124 Å². The smallest absolute Gasteiger partial charge is 0.382 e. The molecule has 142 valence electrons. The Morgan fingerprint density at radius 3 is 2.92 bits per heavy atom. The van der Waals surface area contributed by atoms with Crippen molar-refractivity contribution in [3.63, 3.8) is 0 Å². The van der Waals surface area contributed by atoms with Crippen molar-refractivity contribution in [2.75, 3.05) is 12.3 Å². The molecule has 2 aliphatic rings.